The Hall–Kier alpha value is -1.47. The molecular formula is C15H20N2OS. The molecule has 0 spiro atoms. The number of amides is 1. The molecule has 0 bridgehead atoms. The van der Waals surface area contributed by atoms with Crippen LogP contribution in [0.2, 0.25) is 0 Å². The van der Waals surface area contributed by atoms with Crippen molar-refractivity contribution in [1.29, 1.82) is 5.26 Å². The predicted molar refractivity (Wildman–Crippen MR) is 79.1 cm³/mol. The van der Waals surface area contributed by atoms with E-state index in [9.17, 15) is 4.79 Å². The molecule has 0 aliphatic heterocycles. The van der Waals surface area contributed by atoms with E-state index in [2.05, 4.69) is 32.0 Å². The van der Waals surface area contributed by atoms with E-state index >= 15 is 0 Å². The topological polar surface area (TPSA) is 44.1 Å². The Bertz CT molecular complexity index is 480. The molecule has 1 aromatic rings. The normalized spacial score (nSPS) is 10.0. The number of nitrogens with zero attached hydrogens (tertiary/aromatic N) is 2. The summed E-state index contributed by atoms with van der Waals surface area (Å²) in [4.78, 5) is 14.6. The summed E-state index contributed by atoms with van der Waals surface area (Å²) in [6.45, 7) is 4.71. The van der Waals surface area contributed by atoms with Crippen molar-refractivity contribution in [2.75, 3.05) is 19.3 Å². The third-order valence-corrected chi connectivity index (χ3v) is 4.04. The van der Waals surface area contributed by atoms with Gasteiger partial charge in [0.15, 0.2) is 0 Å². The maximum atomic E-state index is 11.8. The van der Waals surface area contributed by atoms with Gasteiger partial charge in [0.2, 0.25) is 5.91 Å². The minimum absolute atomic E-state index is 0.103. The SMILES string of the molecule is Cc1ccc(SCCC(=O)N(C)CCC#N)cc1C. The van der Waals surface area contributed by atoms with Gasteiger partial charge in [0.1, 0.15) is 0 Å². The van der Waals surface area contributed by atoms with Gasteiger partial charge < -0.3 is 4.90 Å². The standard InChI is InChI=1S/C15H20N2OS/c1-12-5-6-14(11-13(12)2)19-10-7-15(18)17(3)9-4-8-16/h5-6,11H,4,7,9-10H2,1-3H3. The number of nitriles is 1. The van der Waals surface area contributed by atoms with Crippen molar-refractivity contribution in [2.24, 2.45) is 0 Å². The van der Waals surface area contributed by atoms with Crippen molar-refractivity contribution in [2.45, 2.75) is 31.6 Å². The van der Waals surface area contributed by atoms with Crippen LogP contribution in [-0.4, -0.2) is 30.2 Å². The summed E-state index contributed by atoms with van der Waals surface area (Å²) in [6, 6.07) is 8.41. The maximum absolute atomic E-state index is 11.8. The first-order chi connectivity index (χ1) is 9.04. The number of carbonyl (C=O) groups is 1. The molecule has 0 aliphatic rings. The molecular weight excluding hydrogens is 256 g/mol. The molecule has 0 aromatic heterocycles. The largest absolute Gasteiger partial charge is 0.345 e. The maximum Gasteiger partial charge on any atom is 0.223 e. The lowest BCUT2D eigenvalue weighted by Gasteiger charge is -2.15. The van der Waals surface area contributed by atoms with Gasteiger partial charge in [0.05, 0.1) is 12.5 Å². The first-order valence-corrected chi connectivity index (χ1v) is 7.34. The van der Waals surface area contributed by atoms with Gasteiger partial charge in [0, 0.05) is 30.7 Å². The highest BCUT2D eigenvalue weighted by atomic mass is 32.2. The molecule has 0 radical (unpaired) electrons. The molecule has 1 rings (SSSR count). The molecule has 102 valence electrons. The smallest absolute Gasteiger partial charge is 0.223 e. The fourth-order valence-corrected chi connectivity index (χ4v) is 2.53. The van der Waals surface area contributed by atoms with Gasteiger partial charge in [-0.15, -0.1) is 11.8 Å². The van der Waals surface area contributed by atoms with Crippen LogP contribution in [-0.2, 0) is 4.79 Å². The lowest BCUT2D eigenvalue weighted by molar-refractivity contribution is -0.129. The van der Waals surface area contributed by atoms with Gasteiger partial charge in [0.25, 0.3) is 0 Å². The van der Waals surface area contributed by atoms with E-state index in [0.29, 0.717) is 19.4 Å². The molecule has 0 fully saturated rings. The Morgan fingerprint density at radius 2 is 2.11 bits per heavy atom. The zero-order valence-electron chi connectivity index (χ0n) is 11.8. The van der Waals surface area contributed by atoms with Gasteiger partial charge in [-0.3, -0.25) is 4.79 Å². The molecule has 1 aromatic carbocycles. The summed E-state index contributed by atoms with van der Waals surface area (Å²) in [5.41, 5.74) is 2.57. The highest BCUT2D eigenvalue weighted by molar-refractivity contribution is 7.99. The number of rotatable bonds is 6. The van der Waals surface area contributed by atoms with Gasteiger partial charge in [-0.05, 0) is 37.1 Å². The van der Waals surface area contributed by atoms with E-state index in [0.717, 1.165) is 5.75 Å². The Balaban J connectivity index is 2.35. The fourth-order valence-electron chi connectivity index (χ4n) is 1.59. The summed E-state index contributed by atoms with van der Waals surface area (Å²) in [5, 5.41) is 8.48. The number of aryl methyl sites for hydroxylation is 2. The van der Waals surface area contributed by atoms with Crippen LogP contribution in [0.1, 0.15) is 24.0 Å². The Morgan fingerprint density at radius 1 is 1.37 bits per heavy atom. The van der Waals surface area contributed by atoms with Crippen molar-refractivity contribution in [3.05, 3.63) is 29.3 Å². The fraction of sp³-hybridized carbons (Fsp3) is 0.467. The first kappa shape index (κ1) is 15.6. The summed E-state index contributed by atoms with van der Waals surface area (Å²) in [5.74, 6) is 0.879. The van der Waals surface area contributed by atoms with Crippen molar-refractivity contribution in [3.8, 4) is 6.07 Å². The van der Waals surface area contributed by atoms with Crippen molar-refractivity contribution in [3.63, 3.8) is 0 Å². The summed E-state index contributed by atoms with van der Waals surface area (Å²) < 4.78 is 0. The molecule has 4 heteroatoms. The summed E-state index contributed by atoms with van der Waals surface area (Å²) in [6.07, 6.45) is 0.909. The van der Waals surface area contributed by atoms with Crippen LogP contribution in [0.4, 0.5) is 0 Å². The monoisotopic (exact) mass is 276 g/mol. The number of carbonyl (C=O) groups excluding carboxylic acids is 1. The molecule has 0 saturated carbocycles. The van der Waals surface area contributed by atoms with E-state index in [1.807, 2.05) is 6.07 Å². The first-order valence-electron chi connectivity index (χ1n) is 6.35. The van der Waals surface area contributed by atoms with Crippen molar-refractivity contribution < 1.29 is 4.79 Å². The number of hydrogen-bond acceptors (Lipinski definition) is 3. The van der Waals surface area contributed by atoms with Crippen LogP contribution >= 0.6 is 11.8 Å². The lowest BCUT2D eigenvalue weighted by Crippen LogP contribution is -2.27. The quantitative estimate of drug-likeness (QED) is 0.750. The summed E-state index contributed by atoms with van der Waals surface area (Å²) in [7, 11) is 1.75. The Kier molecular flexibility index (Phi) is 6.44. The number of thioether (sulfide) groups is 1. The minimum Gasteiger partial charge on any atom is -0.345 e. The summed E-state index contributed by atoms with van der Waals surface area (Å²) >= 11 is 1.70. The van der Waals surface area contributed by atoms with E-state index in [1.165, 1.54) is 16.0 Å². The average molecular weight is 276 g/mol. The van der Waals surface area contributed by atoms with Gasteiger partial charge in [-0.25, -0.2) is 0 Å². The van der Waals surface area contributed by atoms with Crippen molar-refractivity contribution in [1.82, 2.24) is 4.90 Å². The van der Waals surface area contributed by atoms with Crippen LogP contribution in [0, 0.1) is 25.2 Å². The molecule has 1 amide bonds. The van der Waals surface area contributed by atoms with Crippen molar-refractivity contribution >= 4 is 17.7 Å². The van der Waals surface area contributed by atoms with Gasteiger partial charge in [-0.2, -0.15) is 5.26 Å². The third-order valence-electron chi connectivity index (χ3n) is 3.05. The highest BCUT2D eigenvalue weighted by Gasteiger charge is 2.08. The van der Waals surface area contributed by atoms with Gasteiger partial charge >= 0.3 is 0 Å². The lowest BCUT2D eigenvalue weighted by atomic mass is 10.1. The average Bonchev–Trinajstić information content (AvgIpc) is 2.39. The zero-order valence-corrected chi connectivity index (χ0v) is 12.6. The highest BCUT2D eigenvalue weighted by Crippen LogP contribution is 2.21. The zero-order chi connectivity index (χ0) is 14.3. The van der Waals surface area contributed by atoms with Crippen LogP contribution in [0.15, 0.2) is 23.1 Å². The second-order valence-corrected chi connectivity index (χ2v) is 5.74. The second-order valence-electron chi connectivity index (χ2n) is 4.57. The molecule has 0 heterocycles. The van der Waals surface area contributed by atoms with Crippen LogP contribution in [0.25, 0.3) is 0 Å². The predicted octanol–water partition coefficient (Wildman–Crippen LogP) is 3.16. The molecule has 0 N–H and O–H groups in total. The minimum atomic E-state index is 0.103. The van der Waals surface area contributed by atoms with E-state index in [1.54, 1.807) is 23.7 Å². The van der Waals surface area contributed by atoms with E-state index in [-0.39, 0.29) is 5.91 Å². The number of hydrogen-bond donors (Lipinski definition) is 0. The van der Waals surface area contributed by atoms with E-state index in [4.69, 9.17) is 5.26 Å². The molecule has 0 atom stereocenters. The van der Waals surface area contributed by atoms with Gasteiger partial charge in [-0.1, -0.05) is 6.07 Å². The molecule has 19 heavy (non-hydrogen) atoms. The number of benzene rings is 1. The molecule has 0 aliphatic carbocycles. The Morgan fingerprint density at radius 3 is 2.74 bits per heavy atom. The third kappa shape index (κ3) is 5.35. The van der Waals surface area contributed by atoms with E-state index < -0.39 is 0 Å². The van der Waals surface area contributed by atoms with Crippen LogP contribution < -0.4 is 0 Å². The van der Waals surface area contributed by atoms with Crippen LogP contribution in [0.3, 0.4) is 0 Å². The molecule has 3 nitrogen and oxygen atoms in total. The molecule has 0 saturated heterocycles. The molecule has 0 unspecified atom stereocenters. The Labute approximate surface area is 119 Å². The van der Waals surface area contributed by atoms with Crippen LogP contribution in [0.5, 0.6) is 0 Å². The second kappa shape index (κ2) is 7.85.